The third-order valence-electron chi connectivity index (χ3n) is 7.52. The van der Waals surface area contributed by atoms with Crippen LogP contribution in [0.25, 0.3) is 0 Å². The fourth-order valence-electron chi connectivity index (χ4n) is 5.57. The molecule has 4 aromatic carbocycles. The molecule has 0 aliphatic carbocycles. The van der Waals surface area contributed by atoms with Gasteiger partial charge in [0.05, 0.1) is 0 Å². The molecule has 3 heteroatoms. The van der Waals surface area contributed by atoms with Gasteiger partial charge < -0.3 is 0 Å². The summed E-state index contributed by atoms with van der Waals surface area (Å²) in [5.74, 6) is -0.108. The Morgan fingerprint density at radius 2 is 0.947 bits per heavy atom. The summed E-state index contributed by atoms with van der Waals surface area (Å²) in [4.78, 5) is 13.9. The average molecular weight is 525 g/mol. The van der Waals surface area contributed by atoms with Gasteiger partial charge in [0.15, 0.2) is 0 Å². The van der Waals surface area contributed by atoms with Crippen LogP contribution >= 0.6 is 6.83 Å². The Kier molecular flexibility index (Phi) is 9.91. The fourth-order valence-corrected chi connectivity index (χ4v) is 11.2. The molecule has 38 heavy (non-hydrogen) atoms. The van der Waals surface area contributed by atoms with E-state index >= 15 is 0 Å². The Morgan fingerprint density at radius 3 is 1.39 bits per heavy atom. The van der Waals surface area contributed by atoms with Crippen molar-refractivity contribution in [2.24, 2.45) is 0 Å². The van der Waals surface area contributed by atoms with Crippen LogP contribution in [0.3, 0.4) is 0 Å². The molecule has 0 saturated carbocycles. The number of unbranched alkanes of at least 4 members (excludes halogenated alkanes) is 6. The molecule has 2 nitrogen and oxygen atoms in total. The summed E-state index contributed by atoms with van der Waals surface area (Å²) in [6, 6.07) is 41.9. The molecule has 0 radical (unpaired) electrons. The Bertz CT molecular complexity index is 1140. The molecule has 0 aliphatic heterocycles. The van der Waals surface area contributed by atoms with Crippen molar-refractivity contribution in [1.82, 2.24) is 0 Å². The van der Waals surface area contributed by atoms with Gasteiger partial charge in [-0.15, -0.1) is 0 Å². The fraction of sp³-hybridized carbons (Fsp3) is 0.286. The van der Waals surface area contributed by atoms with E-state index in [9.17, 15) is 4.79 Å². The van der Waals surface area contributed by atoms with Crippen molar-refractivity contribution in [3.8, 4) is 0 Å². The van der Waals surface area contributed by atoms with Crippen molar-refractivity contribution >= 4 is 28.7 Å². The van der Waals surface area contributed by atoms with Crippen LogP contribution in [0.4, 0.5) is 0 Å². The molecule has 0 amide bonds. The zero-order valence-corrected chi connectivity index (χ0v) is 23.6. The molecule has 0 aromatic heterocycles. The van der Waals surface area contributed by atoms with Crippen LogP contribution in [0.5, 0.6) is 0 Å². The van der Waals surface area contributed by atoms with Crippen LogP contribution in [-0.2, 0) is 15.5 Å². The van der Waals surface area contributed by atoms with E-state index in [0.29, 0.717) is 12.6 Å². The first-order valence-electron chi connectivity index (χ1n) is 14.1. The number of benzene rings is 4. The van der Waals surface area contributed by atoms with E-state index in [1.54, 1.807) is 0 Å². The molecule has 0 fully saturated rings. The molecule has 0 aliphatic rings. The predicted octanol–water partition coefficient (Wildman–Crippen LogP) is 8.32. The second-order valence-corrected chi connectivity index (χ2v) is 14.7. The van der Waals surface area contributed by atoms with Gasteiger partial charge in [-0.1, -0.05) is 0 Å². The van der Waals surface area contributed by atoms with E-state index in [4.69, 9.17) is 4.52 Å². The maximum absolute atomic E-state index is 13.9. The molecule has 0 heterocycles. The zero-order valence-electron chi connectivity index (χ0n) is 22.7. The summed E-state index contributed by atoms with van der Waals surface area (Å²) in [6.45, 7) is -1.50. The molecule has 0 unspecified atom stereocenters. The van der Waals surface area contributed by atoms with Crippen LogP contribution in [-0.4, -0.2) is 5.97 Å². The van der Waals surface area contributed by atoms with Gasteiger partial charge >= 0.3 is 229 Å². The van der Waals surface area contributed by atoms with Gasteiger partial charge in [-0.3, -0.25) is 0 Å². The van der Waals surface area contributed by atoms with Crippen LogP contribution in [0, 0.1) is 0 Å². The number of carbonyl (C=O) groups is 1. The Hall–Kier alpha value is -3.22. The van der Waals surface area contributed by atoms with Gasteiger partial charge in [-0.2, -0.15) is 0 Å². The molecule has 0 atom stereocenters. The van der Waals surface area contributed by atoms with Crippen LogP contribution in [0.2, 0.25) is 0 Å². The van der Waals surface area contributed by atoms with Crippen molar-refractivity contribution in [1.29, 1.82) is 0 Å². The van der Waals surface area contributed by atoms with E-state index in [0.717, 1.165) is 34.3 Å². The zero-order chi connectivity index (χ0) is 26.5. The molecule has 0 spiro atoms. The van der Waals surface area contributed by atoms with Crippen LogP contribution in [0.15, 0.2) is 121 Å². The first-order chi connectivity index (χ1) is 18.7. The molecule has 0 saturated heterocycles. The van der Waals surface area contributed by atoms with Gasteiger partial charge in [0.2, 0.25) is 0 Å². The summed E-state index contributed by atoms with van der Waals surface area (Å²) in [7, 11) is 0. The van der Waals surface area contributed by atoms with E-state index < -0.39 is 6.83 Å². The number of carbonyl (C=O) groups excluding carboxylic acids is 1. The first kappa shape index (κ1) is 27.8. The van der Waals surface area contributed by atoms with E-state index in [-0.39, 0.29) is 5.97 Å². The SMILES string of the molecule is CCCCCCCCCC(=O)OP(Cc1ccccc1)(c1ccccc1)(c1ccccc1)c1ccccc1. The van der Waals surface area contributed by atoms with Crippen molar-refractivity contribution in [3.05, 3.63) is 127 Å². The topological polar surface area (TPSA) is 26.3 Å². The standard InChI is InChI=1S/C35H41O2P/c1-2-3-4-5-6-7-20-29-35(36)37-38(32-23-14-9-15-24-32,33-25-16-10-17-26-33,34-27-18-11-19-28-34)30-31-21-12-8-13-22-31/h8-19,21-28H,2-7,20,29-30H2,1H3. The quantitative estimate of drug-likeness (QED) is 0.122. The van der Waals surface area contributed by atoms with Gasteiger partial charge in [0, 0.05) is 0 Å². The van der Waals surface area contributed by atoms with Gasteiger partial charge in [-0.25, -0.2) is 0 Å². The van der Waals surface area contributed by atoms with E-state index in [1.165, 1.54) is 32.1 Å². The molecular weight excluding hydrogens is 483 g/mol. The predicted molar refractivity (Wildman–Crippen MR) is 164 cm³/mol. The minimum absolute atomic E-state index is 0.108. The number of rotatable bonds is 14. The van der Waals surface area contributed by atoms with Crippen molar-refractivity contribution in [3.63, 3.8) is 0 Å². The van der Waals surface area contributed by atoms with Crippen molar-refractivity contribution in [2.45, 2.75) is 64.5 Å². The van der Waals surface area contributed by atoms with Gasteiger partial charge in [-0.05, 0) is 0 Å². The Morgan fingerprint density at radius 1 is 0.553 bits per heavy atom. The maximum atomic E-state index is 13.9. The Labute approximate surface area is 229 Å². The van der Waals surface area contributed by atoms with E-state index in [1.807, 2.05) is 24.3 Å². The summed E-state index contributed by atoms with van der Waals surface area (Å²) < 4.78 is 7.12. The van der Waals surface area contributed by atoms with Gasteiger partial charge in [0.1, 0.15) is 0 Å². The second kappa shape index (κ2) is 13.5. The van der Waals surface area contributed by atoms with Crippen molar-refractivity contribution < 1.29 is 9.32 Å². The second-order valence-electron chi connectivity index (χ2n) is 10.2. The van der Waals surface area contributed by atoms with Crippen LogP contribution < -0.4 is 15.9 Å². The number of hydrogen-bond donors (Lipinski definition) is 0. The summed E-state index contributed by atoms with van der Waals surface area (Å²) in [6.07, 6.45) is 9.23. The summed E-state index contributed by atoms with van der Waals surface area (Å²) in [5, 5.41) is 3.23. The van der Waals surface area contributed by atoms with E-state index in [2.05, 4.69) is 104 Å². The molecule has 0 bridgehead atoms. The normalized spacial score (nSPS) is 12.4. The molecule has 4 rings (SSSR count). The molecule has 4 aromatic rings. The third-order valence-corrected chi connectivity index (χ3v) is 13.3. The van der Waals surface area contributed by atoms with Crippen LogP contribution in [0.1, 0.15) is 63.9 Å². The monoisotopic (exact) mass is 524 g/mol. The summed E-state index contributed by atoms with van der Waals surface area (Å²) >= 11 is 0. The molecule has 198 valence electrons. The van der Waals surface area contributed by atoms with Crippen molar-refractivity contribution in [2.75, 3.05) is 0 Å². The third kappa shape index (κ3) is 6.08. The minimum atomic E-state index is -3.74. The molecule has 0 N–H and O–H groups in total. The average Bonchev–Trinajstić information content (AvgIpc) is 2.98. The first-order valence-corrected chi connectivity index (χ1v) is 16.5. The van der Waals surface area contributed by atoms with Gasteiger partial charge in [0.25, 0.3) is 0 Å². The summed E-state index contributed by atoms with van der Waals surface area (Å²) in [5.41, 5.74) is 1.16. The molecular formula is C35H41O2P. The Balaban J connectivity index is 1.83. The number of hydrogen-bond acceptors (Lipinski definition) is 2.